The highest BCUT2D eigenvalue weighted by atomic mass is 35.5. The molecule has 0 radical (unpaired) electrons. The van der Waals surface area contributed by atoms with E-state index in [9.17, 15) is 4.79 Å². The van der Waals surface area contributed by atoms with Crippen molar-refractivity contribution in [1.29, 1.82) is 0 Å². The molecule has 2 aromatic rings. The first-order valence-corrected chi connectivity index (χ1v) is 6.85. The molecule has 0 aliphatic heterocycles. The number of carbonyl (C=O) groups excluding carboxylic acids is 1. The molecule has 0 aliphatic carbocycles. The molecule has 1 heterocycles. The molecule has 0 amide bonds. The molecule has 0 bridgehead atoms. The number of nitrogens with zero attached hydrogens (tertiary/aromatic N) is 2. The molecule has 94 valence electrons. The van der Waals surface area contributed by atoms with Gasteiger partial charge in [-0.3, -0.25) is 4.79 Å². The fourth-order valence-electron chi connectivity index (χ4n) is 1.53. The maximum absolute atomic E-state index is 12.4. The molecule has 6 heteroatoms. The maximum Gasteiger partial charge on any atom is 0.208 e. The Morgan fingerprint density at radius 3 is 2.72 bits per heavy atom. The van der Waals surface area contributed by atoms with Crippen LogP contribution in [-0.4, -0.2) is 15.4 Å². The monoisotopic (exact) mass is 300 g/mol. The Morgan fingerprint density at radius 2 is 2.06 bits per heavy atom. The molecule has 0 atom stereocenters. The molecule has 1 aromatic carbocycles. The minimum absolute atomic E-state index is 0.139. The predicted octanol–water partition coefficient (Wildman–Crippen LogP) is 4.20. The van der Waals surface area contributed by atoms with E-state index in [1.807, 2.05) is 13.8 Å². The van der Waals surface area contributed by atoms with Gasteiger partial charge in [-0.25, -0.2) is 0 Å². The van der Waals surface area contributed by atoms with Gasteiger partial charge in [0.1, 0.15) is 4.88 Å². The minimum atomic E-state index is -0.179. The van der Waals surface area contributed by atoms with Crippen LogP contribution in [0.15, 0.2) is 18.2 Å². The summed E-state index contributed by atoms with van der Waals surface area (Å²) in [4.78, 5) is 12.9. The largest absolute Gasteiger partial charge is 0.288 e. The summed E-state index contributed by atoms with van der Waals surface area (Å²) in [5, 5.41) is 4.85. The van der Waals surface area contributed by atoms with Crippen LogP contribution in [0.1, 0.15) is 40.7 Å². The van der Waals surface area contributed by atoms with Crippen molar-refractivity contribution in [3.63, 3.8) is 0 Å². The van der Waals surface area contributed by atoms with Crippen LogP contribution in [0.2, 0.25) is 10.0 Å². The Kier molecular flexibility index (Phi) is 4.00. The lowest BCUT2D eigenvalue weighted by molar-refractivity contribution is 0.104. The number of carbonyl (C=O) groups is 1. The summed E-state index contributed by atoms with van der Waals surface area (Å²) in [5.74, 6) is -0.0399. The van der Waals surface area contributed by atoms with E-state index in [0.29, 0.717) is 26.2 Å². The van der Waals surface area contributed by atoms with Crippen LogP contribution >= 0.6 is 34.7 Å². The van der Waals surface area contributed by atoms with Crippen LogP contribution in [0, 0.1) is 0 Å². The number of halogens is 2. The molecule has 0 spiro atoms. The van der Waals surface area contributed by atoms with E-state index in [4.69, 9.17) is 23.2 Å². The van der Waals surface area contributed by atoms with Crippen LogP contribution in [0.3, 0.4) is 0 Å². The van der Waals surface area contributed by atoms with Gasteiger partial charge in [0, 0.05) is 10.6 Å². The van der Waals surface area contributed by atoms with Gasteiger partial charge in [0.05, 0.1) is 10.7 Å². The quantitative estimate of drug-likeness (QED) is 0.798. The van der Waals surface area contributed by atoms with E-state index < -0.39 is 0 Å². The first-order valence-electron chi connectivity index (χ1n) is 5.32. The number of hydrogen-bond acceptors (Lipinski definition) is 4. The van der Waals surface area contributed by atoms with Crippen molar-refractivity contribution in [2.24, 2.45) is 0 Å². The molecular formula is C12H10Cl2N2OS. The Hall–Kier alpha value is -0.970. The average molecular weight is 301 g/mol. The molecule has 0 fully saturated rings. The van der Waals surface area contributed by atoms with Gasteiger partial charge in [-0.05, 0) is 35.6 Å². The fourth-order valence-corrected chi connectivity index (χ4v) is 2.68. The molecule has 3 nitrogen and oxygen atoms in total. The summed E-state index contributed by atoms with van der Waals surface area (Å²) < 4.78 is 3.84. The molecule has 0 saturated carbocycles. The third-order valence-electron chi connectivity index (χ3n) is 2.44. The molecule has 0 aliphatic rings. The number of benzene rings is 1. The third kappa shape index (κ3) is 2.55. The first-order chi connectivity index (χ1) is 8.50. The normalized spacial score (nSPS) is 10.9. The summed E-state index contributed by atoms with van der Waals surface area (Å²) >= 11 is 13.0. The summed E-state index contributed by atoms with van der Waals surface area (Å²) in [6, 6.07) is 4.83. The third-order valence-corrected chi connectivity index (χ3v) is 3.74. The summed E-state index contributed by atoms with van der Waals surface area (Å²) in [6.07, 6.45) is 0. The van der Waals surface area contributed by atoms with Gasteiger partial charge in [0.25, 0.3) is 0 Å². The smallest absolute Gasteiger partial charge is 0.208 e. The van der Waals surface area contributed by atoms with Crippen molar-refractivity contribution >= 4 is 40.5 Å². The maximum atomic E-state index is 12.4. The number of rotatable bonds is 3. The summed E-state index contributed by atoms with van der Waals surface area (Å²) in [5.41, 5.74) is 1.08. The Morgan fingerprint density at radius 1 is 1.33 bits per heavy atom. The molecule has 0 unspecified atom stereocenters. The Labute approximate surface area is 119 Å². The number of aromatic nitrogens is 2. The highest BCUT2D eigenvalue weighted by molar-refractivity contribution is 7.08. The number of hydrogen-bond donors (Lipinski definition) is 0. The van der Waals surface area contributed by atoms with Gasteiger partial charge in [-0.2, -0.15) is 0 Å². The second-order valence-corrected chi connectivity index (χ2v) is 5.69. The van der Waals surface area contributed by atoms with Crippen molar-refractivity contribution < 1.29 is 4.79 Å². The van der Waals surface area contributed by atoms with Gasteiger partial charge in [0.2, 0.25) is 5.78 Å². The molecular weight excluding hydrogens is 291 g/mol. The zero-order valence-electron chi connectivity index (χ0n) is 9.78. The van der Waals surface area contributed by atoms with Crippen LogP contribution in [0.25, 0.3) is 0 Å². The van der Waals surface area contributed by atoms with Gasteiger partial charge < -0.3 is 0 Å². The van der Waals surface area contributed by atoms with Crippen molar-refractivity contribution in [3.05, 3.63) is 44.4 Å². The minimum Gasteiger partial charge on any atom is -0.288 e. The fraction of sp³-hybridized carbons (Fsp3) is 0.250. The predicted molar refractivity (Wildman–Crippen MR) is 73.9 cm³/mol. The van der Waals surface area contributed by atoms with Gasteiger partial charge in [0.15, 0.2) is 0 Å². The topological polar surface area (TPSA) is 42.9 Å². The molecule has 18 heavy (non-hydrogen) atoms. The van der Waals surface area contributed by atoms with Crippen LogP contribution in [-0.2, 0) is 0 Å². The van der Waals surface area contributed by atoms with Gasteiger partial charge >= 0.3 is 0 Å². The highest BCUT2D eigenvalue weighted by Crippen LogP contribution is 2.27. The van der Waals surface area contributed by atoms with E-state index in [1.165, 1.54) is 0 Å². The zero-order chi connectivity index (χ0) is 13.3. The van der Waals surface area contributed by atoms with Crippen molar-refractivity contribution in [1.82, 2.24) is 9.59 Å². The number of ketones is 1. The Bertz CT molecular complexity index is 596. The lowest BCUT2D eigenvalue weighted by atomic mass is 10.0. The lowest BCUT2D eigenvalue weighted by Crippen LogP contribution is -2.04. The lowest BCUT2D eigenvalue weighted by Gasteiger charge is -2.05. The van der Waals surface area contributed by atoms with Crippen molar-refractivity contribution in [3.8, 4) is 0 Å². The van der Waals surface area contributed by atoms with Crippen LogP contribution in [0.5, 0.6) is 0 Å². The van der Waals surface area contributed by atoms with Gasteiger partial charge in [-0.1, -0.05) is 41.5 Å². The molecule has 1 aromatic heterocycles. The molecule has 0 N–H and O–H groups in total. The zero-order valence-corrected chi connectivity index (χ0v) is 12.1. The first kappa shape index (κ1) is 13.5. The summed E-state index contributed by atoms with van der Waals surface area (Å²) in [7, 11) is 0. The highest BCUT2D eigenvalue weighted by Gasteiger charge is 2.22. The standard InChI is InChI=1S/C12H10Cl2N2OS/c1-6(2)10-12(18-16-15-10)11(17)8-5-7(13)3-4-9(8)14/h3-6H,1-2H3. The average Bonchev–Trinajstić information content (AvgIpc) is 2.80. The molecule has 2 rings (SSSR count). The van der Waals surface area contributed by atoms with E-state index in [1.54, 1.807) is 18.2 Å². The van der Waals surface area contributed by atoms with E-state index in [2.05, 4.69) is 9.59 Å². The van der Waals surface area contributed by atoms with E-state index in [0.717, 1.165) is 11.5 Å². The van der Waals surface area contributed by atoms with Crippen LogP contribution in [0.4, 0.5) is 0 Å². The summed E-state index contributed by atoms with van der Waals surface area (Å²) in [6.45, 7) is 3.93. The SMILES string of the molecule is CC(C)c1nnsc1C(=O)c1cc(Cl)ccc1Cl. The molecule has 0 saturated heterocycles. The van der Waals surface area contributed by atoms with Crippen molar-refractivity contribution in [2.75, 3.05) is 0 Å². The van der Waals surface area contributed by atoms with E-state index >= 15 is 0 Å². The second kappa shape index (κ2) is 5.34. The van der Waals surface area contributed by atoms with Crippen LogP contribution < -0.4 is 0 Å². The van der Waals surface area contributed by atoms with Crippen molar-refractivity contribution in [2.45, 2.75) is 19.8 Å². The second-order valence-electron chi connectivity index (χ2n) is 4.10. The Balaban J connectivity index is 2.48. The van der Waals surface area contributed by atoms with Gasteiger partial charge in [-0.15, -0.1) is 5.10 Å². The van der Waals surface area contributed by atoms with E-state index in [-0.39, 0.29) is 11.7 Å².